The van der Waals surface area contributed by atoms with Crippen LogP contribution in [0.4, 0.5) is 0 Å². The van der Waals surface area contributed by atoms with E-state index in [0.717, 1.165) is 8.66 Å². The molecule has 0 aromatic carbocycles. The lowest BCUT2D eigenvalue weighted by Crippen LogP contribution is -2.04. The average Bonchev–Trinajstić information content (AvgIpc) is 2.54. The van der Waals surface area contributed by atoms with E-state index in [1.807, 2.05) is 18.2 Å². The summed E-state index contributed by atoms with van der Waals surface area (Å²) in [6.45, 7) is 0.123. The summed E-state index contributed by atoms with van der Waals surface area (Å²) in [6.07, 6.45) is -0.566. The lowest BCUT2D eigenvalue weighted by Gasteiger charge is -2.06. The van der Waals surface area contributed by atoms with E-state index in [4.69, 9.17) is 15.1 Å². The van der Waals surface area contributed by atoms with Crippen LogP contribution in [0.25, 0.3) is 0 Å². The van der Waals surface area contributed by atoms with Gasteiger partial charge in [0, 0.05) is 4.88 Å². The van der Waals surface area contributed by atoms with E-state index in [1.165, 1.54) is 11.3 Å². The number of ether oxygens (including phenoxy) is 1. The third-order valence-corrected chi connectivity index (χ3v) is 3.01. The Labute approximate surface area is 88.7 Å². The molecule has 0 aliphatic rings. The topological polar surface area (TPSA) is 53.2 Å². The zero-order chi connectivity index (χ0) is 9.68. The fraction of sp³-hybridized carbons (Fsp3) is 0.375. The molecule has 3 nitrogen and oxygen atoms in total. The number of hydrogen-bond donors (Lipinski definition) is 1. The molecule has 1 aromatic heterocycles. The van der Waals surface area contributed by atoms with Gasteiger partial charge in [-0.05, 0) is 28.1 Å². The van der Waals surface area contributed by atoms with E-state index in [2.05, 4.69) is 15.9 Å². The summed E-state index contributed by atoms with van der Waals surface area (Å²) in [5.74, 6) is 0. The molecule has 0 aliphatic carbocycles. The molecule has 0 radical (unpaired) electrons. The second-order valence-electron chi connectivity index (χ2n) is 2.25. The van der Waals surface area contributed by atoms with Gasteiger partial charge in [-0.2, -0.15) is 5.26 Å². The zero-order valence-electron chi connectivity index (χ0n) is 6.74. The number of hydrogen-bond acceptors (Lipinski definition) is 4. The lowest BCUT2D eigenvalue weighted by atomic mass is 10.3. The van der Waals surface area contributed by atoms with Crippen molar-refractivity contribution in [3.63, 3.8) is 0 Å². The first-order valence-corrected chi connectivity index (χ1v) is 5.26. The van der Waals surface area contributed by atoms with Gasteiger partial charge in [0.05, 0.1) is 17.0 Å². The fourth-order valence-electron chi connectivity index (χ4n) is 0.823. The minimum absolute atomic E-state index is 0.0648. The van der Waals surface area contributed by atoms with Crippen LogP contribution in [0.5, 0.6) is 0 Å². The van der Waals surface area contributed by atoms with Crippen molar-refractivity contribution in [2.75, 3.05) is 13.2 Å². The zero-order valence-corrected chi connectivity index (χ0v) is 9.14. The highest BCUT2D eigenvalue weighted by Crippen LogP contribution is 2.28. The van der Waals surface area contributed by atoms with Crippen molar-refractivity contribution in [2.45, 2.75) is 6.10 Å². The van der Waals surface area contributed by atoms with Gasteiger partial charge in [0.1, 0.15) is 6.07 Å². The standard InChI is InChI=1S/C8H8BrNO2S/c9-8-2-1-7(13-8)6(5-10)12-4-3-11/h1-2,6,11H,3-4H2. The number of aliphatic hydroxyl groups is 1. The summed E-state index contributed by atoms with van der Waals surface area (Å²) in [6, 6.07) is 5.72. The first-order valence-electron chi connectivity index (χ1n) is 3.65. The van der Waals surface area contributed by atoms with E-state index in [9.17, 15) is 0 Å². The van der Waals surface area contributed by atoms with Crippen LogP contribution in [0.15, 0.2) is 15.9 Å². The molecule has 1 N–H and O–H groups in total. The highest BCUT2D eigenvalue weighted by molar-refractivity contribution is 9.11. The summed E-state index contributed by atoms with van der Waals surface area (Å²) in [4.78, 5) is 0.850. The molecule has 0 fully saturated rings. The molecular weight excluding hydrogens is 254 g/mol. The minimum atomic E-state index is -0.566. The molecule has 5 heteroatoms. The number of thiophene rings is 1. The summed E-state index contributed by atoms with van der Waals surface area (Å²) < 4.78 is 6.09. The molecule has 0 spiro atoms. The Bertz CT molecular complexity index is 307. The summed E-state index contributed by atoms with van der Waals surface area (Å²) in [5, 5.41) is 17.3. The van der Waals surface area contributed by atoms with Gasteiger partial charge in [-0.15, -0.1) is 11.3 Å². The van der Waals surface area contributed by atoms with E-state index in [1.54, 1.807) is 0 Å². The predicted octanol–water partition coefficient (Wildman–Crippen LogP) is 2.08. The largest absolute Gasteiger partial charge is 0.394 e. The third-order valence-electron chi connectivity index (χ3n) is 1.35. The number of rotatable bonds is 4. The van der Waals surface area contributed by atoms with Gasteiger partial charge in [-0.3, -0.25) is 0 Å². The normalized spacial score (nSPS) is 12.4. The van der Waals surface area contributed by atoms with E-state index >= 15 is 0 Å². The van der Waals surface area contributed by atoms with Gasteiger partial charge < -0.3 is 9.84 Å². The number of nitrogens with zero attached hydrogens (tertiary/aromatic N) is 1. The predicted molar refractivity (Wildman–Crippen MR) is 53.4 cm³/mol. The van der Waals surface area contributed by atoms with Gasteiger partial charge in [-0.1, -0.05) is 0 Å². The molecule has 0 amide bonds. The molecule has 70 valence electrons. The Morgan fingerprint density at radius 2 is 2.46 bits per heavy atom. The molecule has 0 saturated carbocycles. The van der Waals surface area contributed by atoms with Crippen LogP contribution in [-0.4, -0.2) is 18.3 Å². The van der Waals surface area contributed by atoms with Gasteiger partial charge in [0.2, 0.25) is 0 Å². The van der Waals surface area contributed by atoms with Crippen molar-refractivity contribution < 1.29 is 9.84 Å². The Balaban J connectivity index is 2.63. The fourth-order valence-corrected chi connectivity index (χ4v) is 2.24. The Hall–Kier alpha value is -0.410. The van der Waals surface area contributed by atoms with Gasteiger partial charge in [-0.25, -0.2) is 0 Å². The number of halogens is 1. The van der Waals surface area contributed by atoms with Crippen molar-refractivity contribution in [3.8, 4) is 6.07 Å². The molecule has 1 heterocycles. The van der Waals surface area contributed by atoms with Crippen molar-refractivity contribution in [1.82, 2.24) is 0 Å². The Morgan fingerprint density at radius 3 is 2.92 bits per heavy atom. The van der Waals surface area contributed by atoms with Crippen molar-refractivity contribution >= 4 is 27.3 Å². The summed E-state index contributed by atoms with van der Waals surface area (Å²) in [7, 11) is 0. The van der Waals surface area contributed by atoms with Crippen LogP contribution in [0.2, 0.25) is 0 Å². The van der Waals surface area contributed by atoms with Gasteiger partial charge in [0.15, 0.2) is 6.10 Å². The molecule has 0 aliphatic heterocycles. The van der Waals surface area contributed by atoms with Gasteiger partial charge in [0.25, 0.3) is 0 Å². The molecule has 1 rings (SSSR count). The third kappa shape index (κ3) is 3.08. The first kappa shape index (κ1) is 10.7. The molecule has 1 aromatic rings. The quantitative estimate of drug-likeness (QED) is 0.903. The SMILES string of the molecule is N#CC(OCCO)c1ccc(Br)s1. The first-order chi connectivity index (χ1) is 6.27. The molecule has 1 atom stereocenters. The molecule has 13 heavy (non-hydrogen) atoms. The van der Waals surface area contributed by atoms with E-state index in [0.29, 0.717) is 0 Å². The van der Waals surface area contributed by atoms with E-state index in [-0.39, 0.29) is 13.2 Å². The van der Waals surface area contributed by atoms with E-state index < -0.39 is 6.10 Å². The maximum atomic E-state index is 8.75. The molecule has 0 bridgehead atoms. The Morgan fingerprint density at radius 1 is 1.69 bits per heavy atom. The average molecular weight is 262 g/mol. The van der Waals surface area contributed by atoms with Gasteiger partial charge >= 0.3 is 0 Å². The molecular formula is C8H8BrNO2S. The second-order valence-corrected chi connectivity index (χ2v) is 4.74. The summed E-state index contributed by atoms with van der Waals surface area (Å²) >= 11 is 4.76. The van der Waals surface area contributed by atoms with Crippen LogP contribution in [-0.2, 0) is 4.74 Å². The number of aliphatic hydroxyl groups excluding tert-OH is 1. The summed E-state index contributed by atoms with van der Waals surface area (Å²) in [5.41, 5.74) is 0. The second kappa shape index (κ2) is 5.35. The van der Waals surface area contributed by atoms with Crippen molar-refractivity contribution in [2.24, 2.45) is 0 Å². The smallest absolute Gasteiger partial charge is 0.178 e. The maximum Gasteiger partial charge on any atom is 0.178 e. The lowest BCUT2D eigenvalue weighted by molar-refractivity contribution is 0.0599. The van der Waals surface area contributed by atoms with Crippen LogP contribution in [0.3, 0.4) is 0 Å². The highest BCUT2D eigenvalue weighted by atomic mass is 79.9. The highest BCUT2D eigenvalue weighted by Gasteiger charge is 2.12. The van der Waals surface area contributed by atoms with Crippen LogP contribution in [0.1, 0.15) is 11.0 Å². The maximum absolute atomic E-state index is 8.75. The molecule has 1 unspecified atom stereocenters. The van der Waals surface area contributed by atoms with Crippen molar-refractivity contribution in [3.05, 3.63) is 20.8 Å². The Kier molecular flexibility index (Phi) is 4.39. The number of nitriles is 1. The molecule has 0 saturated heterocycles. The minimum Gasteiger partial charge on any atom is -0.394 e. The van der Waals surface area contributed by atoms with Crippen LogP contribution in [0, 0.1) is 11.3 Å². The monoisotopic (exact) mass is 261 g/mol. The van der Waals surface area contributed by atoms with Crippen LogP contribution < -0.4 is 0 Å². The van der Waals surface area contributed by atoms with Crippen molar-refractivity contribution in [1.29, 1.82) is 5.26 Å². The van der Waals surface area contributed by atoms with Crippen LogP contribution >= 0.6 is 27.3 Å².